The zero-order chi connectivity index (χ0) is 14.5. The van der Waals surface area contributed by atoms with E-state index in [1.54, 1.807) is 45.2 Å². The first-order chi connectivity index (χ1) is 8.78. The third-order valence-corrected chi connectivity index (χ3v) is 2.17. The maximum atomic E-state index is 11.6. The molecule has 1 unspecified atom stereocenters. The molecule has 1 aromatic heterocycles. The summed E-state index contributed by atoms with van der Waals surface area (Å²) in [6.07, 6.45) is 1.17. The van der Waals surface area contributed by atoms with Gasteiger partial charge in [0.2, 0.25) is 5.91 Å². The molecule has 1 rings (SSSR count). The second kappa shape index (κ2) is 6.17. The topological polar surface area (TPSA) is 94.3 Å². The molecule has 0 aliphatic rings. The molecule has 1 atom stereocenters. The minimum atomic E-state index is -0.843. The summed E-state index contributed by atoms with van der Waals surface area (Å²) >= 11 is 0. The number of nitrogens with zero attached hydrogens (tertiary/aromatic N) is 1. The average Bonchev–Trinajstić information content (AvgIpc) is 2.26. The molecule has 0 radical (unpaired) electrons. The van der Waals surface area contributed by atoms with Crippen LogP contribution in [0, 0.1) is 0 Å². The number of hydrogen-bond donors (Lipinski definition) is 2. The van der Waals surface area contributed by atoms with Gasteiger partial charge < -0.3 is 15.8 Å². The number of alkyl carbamates (subject to hydrolysis) is 1. The molecule has 3 N–H and O–H groups in total. The molecule has 6 nitrogen and oxygen atoms in total. The number of ether oxygens (including phenoxy) is 1. The summed E-state index contributed by atoms with van der Waals surface area (Å²) < 4.78 is 5.08. The predicted molar refractivity (Wildman–Crippen MR) is 70.3 cm³/mol. The largest absolute Gasteiger partial charge is 0.444 e. The number of nitrogens with one attached hydrogen (secondary N) is 1. The van der Waals surface area contributed by atoms with Gasteiger partial charge in [0.15, 0.2) is 0 Å². The number of primary amides is 1. The lowest BCUT2D eigenvalue weighted by atomic mass is 10.1. The van der Waals surface area contributed by atoms with Gasteiger partial charge in [-0.05, 0) is 32.9 Å². The molecule has 104 valence electrons. The van der Waals surface area contributed by atoms with E-state index in [0.29, 0.717) is 5.69 Å². The van der Waals surface area contributed by atoms with Crippen LogP contribution in [0.4, 0.5) is 4.79 Å². The van der Waals surface area contributed by atoms with Crippen molar-refractivity contribution in [3.63, 3.8) is 0 Å². The highest BCUT2D eigenvalue weighted by Crippen LogP contribution is 2.07. The highest BCUT2D eigenvalue weighted by Gasteiger charge is 2.23. The van der Waals surface area contributed by atoms with E-state index >= 15 is 0 Å². The Labute approximate surface area is 112 Å². The molecule has 1 heterocycles. The Hall–Kier alpha value is -2.11. The van der Waals surface area contributed by atoms with Gasteiger partial charge in [-0.2, -0.15) is 0 Å². The molecular formula is C13H19N3O3. The molecule has 1 aromatic rings. The van der Waals surface area contributed by atoms with Gasteiger partial charge in [0, 0.05) is 18.3 Å². The summed E-state index contributed by atoms with van der Waals surface area (Å²) in [6, 6.07) is 4.48. The molecule has 2 amide bonds. The summed E-state index contributed by atoms with van der Waals surface area (Å²) in [5.41, 5.74) is 5.30. The van der Waals surface area contributed by atoms with Crippen molar-refractivity contribution in [2.75, 3.05) is 0 Å². The molecule has 0 saturated heterocycles. The molecule has 0 aromatic carbocycles. The van der Waals surface area contributed by atoms with Crippen LogP contribution in [0.3, 0.4) is 0 Å². The van der Waals surface area contributed by atoms with Gasteiger partial charge in [-0.15, -0.1) is 0 Å². The first kappa shape index (κ1) is 14.9. The molecular weight excluding hydrogens is 246 g/mol. The summed E-state index contributed by atoms with van der Waals surface area (Å²) in [6.45, 7) is 5.22. The maximum Gasteiger partial charge on any atom is 0.408 e. The van der Waals surface area contributed by atoms with Gasteiger partial charge >= 0.3 is 6.09 Å². The van der Waals surface area contributed by atoms with Gasteiger partial charge in [0.1, 0.15) is 11.6 Å². The highest BCUT2D eigenvalue weighted by atomic mass is 16.6. The first-order valence-electron chi connectivity index (χ1n) is 5.96. The highest BCUT2D eigenvalue weighted by molar-refractivity contribution is 5.84. The van der Waals surface area contributed by atoms with Crippen LogP contribution in [-0.4, -0.2) is 28.6 Å². The number of amides is 2. The Morgan fingerprint density at radius 1 is 1.42 bits per heavy atom. The van der Waals surface area contributed by atoms with E-state index in [-0.39, 0.29) is 6.42 Å². The van der Waals surface area contributed by atoms with E-state index in [9.17, 15) is 9.59 Å². The standard InChI is InChI=1S/C13H19N3O3/c1-13(2,3)19-12(18)16-10(11(14)17)8-9-6-4-5-7-15-9/h4-7,10H,8H2,1-3H3,(H2,14,17)(H,16,18). The fourth-order valence-corrected chi connectivity index (χ4v) is 1.40. The lowest BCUT2D eigenvalue weighted by Gasteiger charge is -2.22. The van der Waals surface area contributed by atoms with Crippen molar-refractivity contribution in [1.82, 2.24) is 10.3 Å². The third-order valence-electron chi connectivity index (χ3n) is 2.17. The average molecular weight is 265 g/mol. The van der Waals surface area contributed by atoms with E-state index in [0.717, 1.165) is 0 Å². The van der Waals surface area contributed by atoms with Gasteiger partial charge in [-0.25, -0.2) is 4.79 Å². The minimum Gasteiger partial charge on any atom is -0.444 e. The lowest BCUT2D eigenvalue weighted by molar-refractivity contribution is -0.120. The first-order valence-corrected chi connectivity index (χ1v) is 5.96. The van der Waals surface area contributed by atoms with Gasteiger partial charge in [0.25, 0.3) is 0 Å². The van der Waals surface area contributed by atoms with Crippen molar-refractivity contribution in [2.24, 2.45) is 5.73 Å². The van der Waals surface area contributed by atoms with Crippen molar-refractivity contribution >= 4 is 12.0 Å². The molecule has 0 fully saturated rings. The fourth-order valence-electron chi connectivity index (χ4n) is 1.40. The van der Waals surface area contributed by atoms with Gasteiger partial charge in [-0.1, -0.05) is 6.07 Å². The number of rotatable bonds is 4. The Balaban J connectivity index is 2.64. The summed E-state index contributed by atoms with van der Waals surface area (Å²) in [5, 5.41) is 2.45. The Morgan fingerprint density at radius 2 is 2.11 bits per heavy atom. The monoisotopic (exact) mass is 265 g/mol. The van der Waals surface area contributed by atoms with E-state index in [4.69, 9.17) is 10.5 Å². The zero-order valence-electron chi connectivity index (χ0n) is 11.3. The normalized spacial score (nSPS) is 12.6. The lowest BCUT2D eigenvalue weighted by Crippen LogP contribution is -2.47. The molecule has 6 heteroatoms. The van der Waals surface area contributed by atoms with E-state index in [1.807, 2.05) is 0 Å². The van der Waals surface area contributed by atoms with Crippen LogP contribution in [0.1, 0.15) is 26.5 Å². The number of hydrogen-bond acceptors (Lipinski definition) is 4. The van der Waals surface area contributed by atoms with Crippen LogP contribution in [0.5, 0.6) is 0 Å². The Bertz CT molecular complexity index is 440. The van der Waals surface area contributed by atoms with Crippen molar-refractivity contribution in [2.45, 2.75) is 38.8 Å². The Morgan fingerprint density at radius 3 is 2.58 bits per heavy atom. The second-order valence-electron chi connectivity index (χ2n) is 5.13. The number of nitrogens with two attached hydrogens (primary N) is 1. The smallest absolute Gasteiger partial charge is 0.408 e. The molecule has 0 aliphatic carbocycles. The van der Waals surface area contributed by atoms with Gasteiger partial charge in [0.05, 0.1) is 0 Å². The van der Waals surface area contributed by atoms with Crippen molar-refractivity contribution in [3.8, 4) is 0 Å². The molecule has 19 heavy (non-hydrogen) atoms. The third kappa shape index (κ3) is 5.85. The quantitative estimate of drug-likeness (QED) is 0.849. The van der Waals surface area contributed by atoms with Crippen LogP contribution >= 0.6 is 0 Å². The van der Waals surface area contributed by atoms with E-state index < -0.39 is 23.6 Å². The van der Waals surface area contributed by atoms with Crippen molar-refractivity contribution in [3.05, 3.63) is 30.1 Å². The predicted octanol–water partition coefficient (Wildman–Crippen LogP) is 1.00. The number of carbonyl (C=O) groups is 2. The summed E-state index contributed by atoms with van der Waals surface area (Å²) in [4.78, 5) is 27.0. The van der Waals surface area contributed by atoms with E-state index in [2.05, 4.69) is 10.3 Å². The van der Waals surface area contributed by atoms with Crippen LogP contribution in [0.2, 0.25) is 0 Å². The molecule has 0 bridgehead atoms. The van der Waals surface area contributed by atoms with Crippen LogP contribution in [0.15, 0.2) is 24.4 Å². The summed E-state index contributed by atoms with van der Waals surface area (Å²) in [7, 11) is 0. The van der Waals surface area contributed by atoms with Crippen LogP contribution < -0.4 is 11.1 Å². The molecule has 0 aliphatic heterocycles. The number of aromatic nitrogens is 1. The van der Waals surface area contributed by atoms with Crippen molar-refractivity contribution < 1.29 is 14.3 Å². The van der Waals surface area contributed by atoms with E-state index in [1.165, 1.54) is 0 Å². The molecule has 0 saturated carbocycles. The number of carbonyl (C=O) groups excluding carboxylic acids is 2. The van der Waals surface area contributed by atoms with Crippen LogP contribution in [0.25, 0.3) is 0 Å². The molecule has 0 spiro atoms. The fraction of sp³-hybridized carbons (Fsp3) is 0.462. The SMILES string of the molecule is CC(C)(C)OC(=O)NC(Cc1ccccn1)C(N)=O. The van der Waals surface area contributed by atoms with Crippen LogP contribution in [-0.2, 0) is 16.0 Å². The van der Waals surface area contributed by atoms with Crippen molar-refractivity contribution in [1.29, 1.82) is 0 Å². The number of pyridine rings is 1. The Kier molecular flexibility index (Phi) is 4.86. The summed E-state index contributed by atoms with van der Waals surface area (Å²) in [5.74, 6) is -0.628. The minimum absolute atomic E-state index is 0.232. The van der Waals surface area contributed by atoms with Gasteiger partial charge in [-0.3, -0.25) is 9.78 Å². The maximum absolute atomic E-state index is 11.6. The zero-order valence-corrected chi connectivity index (χ0v) is 11.3. The second-order valence-corrected chi connectivity index (χ2v) is 5.13.